The van der Waals surface area contributed by atoms with Gasteiger partial charge < -0.3 is 19.1 Å². The van der Waals surface area contributed by atoms with Crippen molar-refractivity contribution in [1.29, 1.82) is 0 Å². The lowest BCUT2D eigenvalue weighted by atomic mass is 10.1. The first kappa shape index (κ1) is 21.4. The van der Waals surface area contributed by atoms with Crippen molar-refractivity contribution < 1.29 is 14.6 Å². The molecule has 1 heterocycles. The molecule has 3 aromatic carbocycles. The van der Waals surface area contributed by atoms with Crippen LogP contribution in [0, 0.1) is 13.8 Å². The fourth-order valence-electron chi connectivity index (χ4n) is 3.61. The Morgan fingerprint density at radius 2 is 1.65 bits per heavy atom. The Morgan fingerprint density at radius 3 is 2.42 bits per heavy atom. The van der Waals surface area contributed by atoms with Crippen molar-refractivity contribution >= 4 is 27.0 Å². The highest BCUT2D eigenvalue weighted by atomic mass is 79.9. The van der Waals surface area contributed by atoms with Gasteiger partial charge in [0.2, 0.25) is 0 Å². The molecule has 0 bridgehead atoms. The van der Waals surface area contributed by atoms with Crippen LogP contribution in [0.25, 0.3) is 11.0 Å². The minimum Gasteiger partial charge on any atom is -0.490 e. The number of ether oxygens (including phenoxy) is 2. The highest BCUT2D eigenvalue weighted by Gasteiger charge is 2.16. The number of rotatable bonds is 8. The lowest BCUT2D eigenvalue weighted by Crippen LogP contribution is -2.25. The van der Waals surface area contributed by atoms with Gasteiger partial charge in [-0.15, -0.1) is 0 Å². The minimum atomic E-state index is -0.705. The van der Waals surface area contributed by atoms with Gasteiger partial charge >= 0.3 is 0 Å². The molecule has 0 saturated carbocycles. The number of halogens is 1. The maximum Gasteiger partial charge on any atom is 0.148 e. The Balaban J connectivity index is 1.53. The Hall–Kier alpha value is -2.83. The fourth-order valence-corrected chi connectivity index (χ4v) is 4.01. The van der Waals surface area contributed by atoms with E-state index in [1.165, 1.54) is 0 Å². The zero-order valence-corrected chi connectivity index (χ0v) is 19.2. The van der Waals surface area contributed by atoms with E-state index < -0.39 is 6.10 Å². The molecule has 0 spiro atoms. The zero-order valence-electron chi connectivity index (χ0n) is 17.6. The van der Waals surface area contributed by atoms with E-state index in [0.29, 0.717) is 18.9 Å². The first-order valence-electron chi connectivity index (χ1n) is 10.2. The van der Waals surface area contributed by atoms with Crippen molar-refractivity contribution in [3.63, 3.8) is 0 Å². The van der Waals surface area contributed by atoms with Gasteiger partial charge in [-0.3, -0.25) is 0 Å². The number of benzene rings is 3. The second-order valence-electron chi connectivity index (χ2n) is 7.53. The summed E-state index contributed by atoms with van der Waals surface area (Å²) in [7, 11) is 0. The van der Waals surface area contributed by atoms with Crippen LogP contribution in [0.15, 0.2) is 71.2 Å². The molecule has 0 fully saturated rings. The molecule has 0 saturated heterocycles. The average molecular weight is 481 g/mol. The Labute approximate surface area is 190 Å². The summed E-state index contributed by atoms with van der Waals surface area (Å²) in [5.74, 6) is 2.35. The lowest BCUT2D eigenvalue weighted by Gasteiger charge is -2.17. The van der Waals surface area contributed by atoms with E-state index in [1.807, 2.05) is 85.1 Å². The van der Waals surface area contributed by atoms with Gasteiger partial charge in [-0.25, -0.2) is 4.98 Å². The summed E-state index contributed by atoms with van der Waals surface area (Å²) in [5, 5.41) is 10.7. The molecule has 1 atom stereocenters. The monoisotopic (exact) mass is 480 g/mol. The van der Waals surface area contributed by atoms with Crippen LogP contribution in [-0.4, -0.2) is 27.4 Å². The number of aryl methyl sites for hydroxylation is 2. The molecule has 1 aromatic heterocycles. The third kappa shape index (κ3) is 4.92. The topological polar surface area (TPSA) is 56.5 Å². The number of para-hydroxylation sites is 4. The number of imidazole rings is 1. The van der Waals surface area contributed by atoms with Crippen molar-refractivity contribution in [2.75, 3.05) is 6.61 Å². The zero-order chi connectivity index (χ0) is 21.8. The van der Waals surface area contributed by atoms with Gasteiger partial charge in [0, 0.05) is 0 Å². The van der Waals surface area contributed by atoms with E-state index in [4.69, 9.17) is 14.5 Å². The van der Waals surface area contributed by atoms with E-state index >= 15 is 0 Å². The molecule has 0 aliphatic heterocycles. The second-order valence-corrected chi connectivity index (χ2v) is 8.39. The van der Waals surface area contributed by atoms with Crippen molar-refractivity contribution in [2.45, 2.75) is 33.1 Å². The first-order valence-corrected chi connectivity index (χ1v) is 11.0. The van der Waals surface area contributed by atoms with Crippen molar-refractivity contribution in [2.24, 2.45) is 0 Å². The van der Waals surface area contributed by atoms with Crippen molar-refractivity contribution in [3.8, 4) is 11.5 Å². The van der Waals surface area contributed by atoms with E-state index in [0.717, 1.165) is 38.2 Å². The van der Waals surface area contributed by atoms with Crippen LogP contribution in [0.4, 0.5) is 0 Å². The molecule has 4 aromatic rings. The van der Waals surface area contributed by atoms with E-state index in [-0.39, 0.29) is 6.61 Å². The summed E-state index contributed by atoms with van der Waals surface area (Å²) in [6, 6.07) is 21.6. The molecule has 4 rings (SSSR count). The van der Waals surface area contributed by atoms with Gasteiger partial charge in [0.05, 0.1) is 22.1 Å². The molecule has 0 aliphatic carbocycles. The highest BCUT2D eigenvalue weighted by Crippen LogP contribution is 2.26. The highest BCUT2D eigenvalue weighted by molar-refractivity contribution is 9.10. The second kappa shape index (κ2) is 9.54. The van der Waals surface area contributed by atoms with Crippen LogP contribution in [0.3, 0.4) is 0 Å². The average Bonchev–Trinajstić information content (AvgIpc) is 3.10. The molecular weight excluding hydrogens is 456 g/mol. The van der Waals surface area contributed by atoms with Crippen molar-refractivity contribution in [3.05, 3.63) is 88.2 Å². The molecule has 0 aliphatic rings. The lowest BCUT2D eigenvalue weighted by molar-refractivity contribution is 0.0914. The smallest absolute Gasteiger partial charge is 0.148 e. The summed E-state index contributed by atoms with van der Waals surface area (Å²) < 4.78 is 14.8. The third-order valence-electron chi connectivity index (χ3n) is 5.15. The van der Waals surface area contributed by atoms with Crippen LogP contribution in [0.5, 0.6) is 11.5 Å². The quantitative estimate of drug-likeness (QED) is 0.365. The summed E-state index contributed by atoms with van der Waals surface area (Å²) >= 11 is 3.47. The van der Waals surface area contributed by atoms with E-state index in [2.05, 4.69) is 15.9 Å². The molecule has 160 valence electrons. The van der Waals surface area contributed by atoms with E-state index in [9.17, 15) is 5.11 Å². The fraction of sp³-hybridized carbons (Fsp3) is 0.240. The number of fused-ring (bicyclic) bond motifs is 1. The predicted molar refractivity (Wildman–Crippen MR) is 126 cm³/mol. The SMILES string of the molecule is Cc1cccc(C)c1OCc1nc2ccccc2n1CC(O)COc1ccccc1Br. The molecular formula is C25H25BrN2O3. The number of hydrogen-bond acceptors (Lipinski definition) is 4. The number of aliphatic hydroxyl groups is 1. The maximum absolute atomic E-state index is 10.7. The third-order valence-corrected chi connectivity index (χ3v) is 5.80. The molecule has 1 unspecified atom stereocenters. The standard InChI is InChI=1S/C25H25BrN2O3/c1-17-8-7-9-18(2)25(17)31-16-24-27-21-11-4-5-12-22(21)28(24)14-19(29)15-30-23-13-6-3-10-20(23)26/h3-13,19,29H,14-16H2,1-2H3. The van der Waals surface area contributed by atoms with Gasteiger partial charge in [-0.05, 0) is 65.2 Å². The molecule has 1 N–H and O–H groups in total. The predicted octanol–water partition coefficient (Wildman–Crippen LogP) is 5.43. The summed E-state index contributed by atoms with van der Waals surface area (Å²) in [4.78, 5) is 4.75. The number of hydrogen-bond donors (Lipinski definition) is 1. The largest absolute Gasteiger partial charge is 0.490 e. The molecule has 0 radical (unpaired) electrons. The Bertz CT molecular complexity index is 1170. The molecule has 6 heteroatoms. The maximum atomic E-state index is 10.7. The van der Waals surface area contributed by atoms with Crippen LogP contribution >= 0.6 is 15.9 Å². The van der Waals surface area contributed by atoms with E-state index in [1.54, 1.807) is 0 Å². The number of nitrogens with zero attached hydrogens (tertiary/aromatic N) is 2. The van der Waals surface area contributed by atoms with Gasteiger partial charge in [-0.1, -0.05) is 42.5 Å². The van der Waals surface area contributed by atoms with Gasteiger partial charge in [0.25, 0.3) is 0 Å². The van der Waals surface area contributed by atoms with Crippen molar-refractivity contribution in [1.82, 2.24) is 9.55 Å². The van der Waals surface area contributed by atoms with Gasteiger partial charge in [-0.2, -0.15) is 0 Å². The Kier molecular flexibility index (Phi) is 6.59. The molecule has 0 amide bonds. The van der Waals surface area contributed by atoms with Crippen LogP contribution < -0.4 is 9.47 Å². The van der Waals surface area contributed by atoms with Crippen LogP contribution in [0.1, 0.15) is 17.0 Å². The summed E-state index contributed by atoms with van der Waals surface area (Å²) in [6.07, 6.45) is -0.705. The van der Waals surface area contributed by atoms with Gasteiger partial charge in [0.15, 0.2) is 0 Å². The number of aromatic nitrogens is 2. The Morgan fingerprint density at radius 1 is 0.935 bits per heavy atom. The molecule has 31 heavy (non-hydrogen) atoms. The molecule has 5 nitrogen and oxygen atoms in total. The minimum absolute atomic E-state index is 0.173. The summed E-state index contributed by atoms with van der Waals surface area (Å²) in [6.45, 7) is 4.92. The van der Waals surface area contributed by atoms with Crippen LogP contribution in [-0.2, 0) is 13.2 Å². The number of aliphatic hydroxyl groups excluding tert-OH is 1. The summed E-state index contributed by atoms with van der Waals surface area (Å²) in [5.41, 5.74) is 4.01. The first-order chi connectivity index (χ1) is 15.0. The normalized spacial score (nSPS) is 12.1. The van der Waals surface area contributed by atoms with Crippen LogP contribution in [0.2, 0.25) is 0 Å². The van der Waals surface area contributed by atoms with Gasteiger partial charge in [0.1, 0.15) is 36.6 Å².